The molecule has 1 aromatic rings. The normalized spacial score (nSPS) is 11.8. The Morgan fingerprint density at radius 2 is 1.94 bits per heavy atom. The molecule has 0 fully saturated rings. The SMILES string of the molecule is CN(C)S(=O)(=O)c1cc(C(=O)O)ccc1Cl. The van der Waals surface area contributed by atoms with Gasteiger partial charge in [-0.15, -0.1) is 0 Å². The number of nitrogens with zero attached hydrogens (tertiary/aromatic N) is 1. The van der Waals surface area contributed by atoms with E-state index in [1.54, 1.807) is 0 Å². The summed E-state index contributed by atoms with van der Waals surface area (Å²) in [4.78, 5) is 10.5. The highest BCUT2D eigenvalue weighted by molar-refractivity contribution is 7.89. The molecule has 0 heterocycles. The summed E-state index contributed by atoms with van der Waals surface area (Å²) in [5.41, 5.74) is -0.121. The molecule has 0 radical (unpaired) electrons. The first-order chi connectivity index (χ1) is 7.26. The van der Waals surface area contributed by atoms with E-state index in [-0.39, 0.29) is 15.5 Å². The third-order valence-corrected chi connectivity index (χ3v) is 4.23. The molecule has 0 aliphatic rings. The van der Waals surface area contributed by atoms with Gasteiger partial charge in [0.2, 0.25) is 10.0 Å². The highest BCUT2D eigenvalue weighted by atomic mass is 35.5. The van der Waals surface area contributed by atoms with Crippen LogP contribution >= 0.6 is 11.6 Å². The summed E-state index contributed by atoms with van der Waals surface area (Å²) in [5.74, 6) is -1.20. The maximum absolute atomic E-state index is 11.8. The van der Waals surface area contributed by atoms with Gasteiger partial charge in [0, 0.05) is 14.1 Å². The van der Waals surface area contributed by atoms with E-state index in [2.05, 4.69) is 0 Å². The largest absolute Gasteiger partial charge is 0.478 e. The lowest BCUT2D eigenvalue weighted by atomic mass is 10.2. The van der Waals surface area contributed by atoms with E-state index in [0.717, 1.165) is 10.4 Å². The van der Waals surface area contributed by atoms with Crippen LogP contribution in [0.4, 0.5) is 0 Å². The molecule has 0 unspecified atom stereocenters. The third-order valence-electron chi connectivity index (χ3n) is 1.94. The summed E-state index contributed by atoms with van der Waals surface area (Å²) in [7, 11) is -1.03. The average Bonchev–Trinajstić information content (AvgIpc) is 2.17. The minimum Gasteiger partial charge on any atom is -0.478 e. The molecule has 0 amide bonds. The maximum Gasteiger partial charge on any atom is 0.335 e. The predicted molar refractivity (Wildman–Crippen MR) is 59.3 cm³/mol. The lowest BCUT2D eigenvalue weighted by molar-refractivity contribution is 0.0696. The zero-order valence-corrected chi connectivity index (χ0v) is 10.2. The summed E-state index contributed by atoms with van der Waals surface area (Å²) in [6.07, 6.45) is 0. The van der Waals surface area contributed by atoms with Crippen molar-refractivity contribution in [1.29, 1.82) is 0 Å². The third kappa shape index (κ3) is 2.34. The van der Waals surface area contributed by atoms with Crippen molar-refractivity contribution in [2.75, 3.05) is 14.1 Å². The molecule has 0 atom stereocenters. The van der Waals surface area contributed by atoms with E-state index in [4.69, 9.17) is 16.7 Å². The van der Waals surface area contributed by atoms with Crippen LogP contribution in [0, 0.1) is 0 Å². The number of rotatable bonds is 3. The quantitative estimate of drug-likeness (QED) is 0.892. The smallest absolute Gasteiger partial charge is 0.335 e. The molecular formula is C9H10ClNO4S. The van der Waals surface area contributed by atoms with Crippen LogP contribution in [0.2, 0.25) is 5.02 Å². The second-order valence-electron chi connectivity index (χ2n) is 3.24. The number of benzene rings is 1. The molecule has 0 aromatic heterocycles. The second kappa shape index (κ2) is 4.40. The van der Waals surface area contributed by atoms with Crippen molar-refractivity contribution >= 4 is 27.6 Å². The molecule has 0 aliphatic heterocycles. The van der Waals surface area contributed by atoms with Gasteiger partial charge in [-0.25, -0.2) is 17.5 Å². The summed E-state index contributed by atoms with van der Waals surface area (Å²) in [6.45, 7) is 0. The molecule has 0 bridgehead atoms. The van der Waals surface area contributed by atoms with Gasteiger partial charge in [0.1, 0.15) is 4.90 Å². The van der Waals surface area contributed by atoms with Crippen molar-refractivity contribution in [2.24, 2.45) is 0 Å². The first-order valence-corrected chi connectivity index (χ1v) is 6.04. The highest BCUT2D eigenvalue weighted by Gasteiger charge is 2.22. The first-order valence-electron chi connectivity index (χ1n) is 4.22. The van der Waals surface area contributed by atoms with Crippen LogP contribution in [0.25, 0.3) is 0 Å². The monoisotopic (exact) mass is 263 g/mol. The van der Waals surface area contributed by atoms with E-state index >= 15 is 0 Å². The second-order valence-corrected chi connectivity index (χ2v) is 5.77. The zero-order valence-electron chi connectivity index (χ0n) is 8.64. The number of aromatic carboxylic acids is 1. The van der Waals surface area contributed by atoms with E-state index in [9.17, 15) is 13.2 Å². The van der Waals surface area contributed by atoms with Crippen molar-refractivity contribution in [2.45, 2.75) is 4.90 Å². The Bertz CT molecular complexity index is 524. The van der Waals surface area contributed by atoms with Crippen LogP contribution in [-0.2, 0) is 10.0 Å². The number of carbonyl (C=O) groups is 1. The van der Waals surface area contributed by atoms with Gasteiger partial charge in [-0.2, -0.15) is 0 Å². The Kier molecular flexibility index (Phi) is 3.57. The lowest BCUT2D eigenvalue weighted by Crippen LogP contribution is -2.22. The molecule has 0 aliphatic carbocycles. The van der Waals surface area contributed by atoms with Gasteiger partial charge in [0.05, 0.1) is 10.6 Å². The van der Waals surface area contributed by atoms with Gasteiger partial charge in [-0.3, -0.25) is 0 Å². The zero-order chi connectivity index (χ0) is 12.5. The van der Waals surface area contributed by atoms with E-state index in [0.29, 0.717) is 0 Å². The number of hydrogen-bond donors (Lipinski definition) is 1. The van der Waals surface area contributed by atoms with Crippen molar-refractivity contribution < 1.29 is 18.3 Å². The van der Waals surface area contributed by atoms with Crippen molar-refractivity contribution in [3.63, 3.8) is 0 Å². The van der Waals surface area contributed by atoms with Crippen LogP contribution in [0.5, 0.6) is 0 Å². The summed E-state index contributed by atoms with van der Waals surface area (Å²) >= 11 is 5.73. The summed E-state index contributed by atoms with van der Waals surface area (Å²) in [5, 5.41) is 8.75. The lowest BCUT2D eigenvalue weighted by Gasteiger charge is -2.12. The summed E-state index contributed by atoms with van der Waals surface area (Å²) in [6, 6.07) is 3.54. The van der Waals surface area contributed by atoms with Gasteiger partial charge in [-0.05, 0) is 18.2 Å². The fourth-order valence-corrected chi connectivity index (χ4v) is 2.42. The van der Waals surface area contributed by atoms with Crippen molar-refractivity contribution in [1.82, 2.24) is 4.31 Å². The summed E-state index contributed by atoms with van der Waals surface area (Å²) < 4.78 is 24.5. The van der Waals surface area contributed by atoms with Crippen LogP contribution < -0.4 is 0 Å². The van der Waals surface area contributed by atoms with Crippen LogP contribution in [0.15, 0.2) is 23.1 Å². The number of hydrogen-bond acceptors (Lipinski definition) is 3. The fourth-order valence-electron chi connectivity index (χ4n) is 1.03. The molecule has 0 saturated heterocycles. The van der Waals surface area contributed by atoms with Crippen LogP contribution in [0.3, 0.4) is 0 Å². The van der Waals surface area contributed by atoms with E-state index in [1.807, 2.05) is 0 Å². The Balaban J connectivity index is 3.45. The minimum absolute atomic E-state index is 0.00120. The molecule has 1 aromatic carbocycles. The fraction of sp³-hybridized carbons (Fsp3) is 0.222. The number of halogens is 1. The molecule has 1 rings (SSSR count). The Hall–Kier alpha value is -1.11. The molecule has 88 valence electrons. The van der Waals surface area contributed by atoms with Gasteiger partial charge in [0.15, 0.2) is 0 Å². The Morgan fingerprint density at radius 1 is 1.38 bits per heavy atom. The average molecular weight is 264 g/mol. The van der Waals surface area contributed by atoms with Crippen LogP contribution in [0.1, 0.15) is 10.4 Å². The molecule has 7 heteroatoms. The standard InChI is InChI=1S/C9H10ClNO4S/c1-11(2)16(14,15)8-5-6(9(12)13)3-4-7(8)10/h3-5H,1-2H3,(H,12,13). The molecule has 5 nitrogen and oxygen atoms in total. The van der Waals surface area contributed by atoms with Crippen LogP contribution in [-0.4, -0.2) is 37.9 Å². The molecule has 16 heavy (non-hydrogen) atoms. The Labute approximate surface area is 98.3 Å². The molecule has 1 N–H and O–H groups in total. The van der Waals surface area contributed by atoms with Gasteiger partial charge < -0.3 is 5.11 Å². The van der Waals surface area contributed by atoms with Gasteiger partial charge in [0.25, 0.3) is 0 Å². The van der Waals surface area contributed by atoms with E-state index < -0.39 is 16.0 Å². The minimum atomic E-state index is -3.73. The topological polar surface area (TPSA) is 74.7 Å². The molecular weight excluding hydrogens is 254 g/mol. The van der Waals surface area contributed by atoms with Crippen molar-refractivity contribution in [3.05, 3.63) is 28.8 Å². The maximum atomic E-state index is 11.8. The first kappa shape index (κ1) is 13.0. The van der Waals surface area contributed by atoms with Crippen molar-refractivity contribution in [3.8, 4) is 0 Å². The Morgan fingerprint density at radius 3 is 2.38 bits per heavy atom. The predicted octanol–water partition coefficient (Wildman–Crippen LogP) is 1.29. The van der Waals surface area contributed by atoms with Gasteiger partial charge in [-0.1, -0.05) is 11.6 Å². The number of carboxylic acid groups (broad SMARTS) is 1. The van der Waals surface area contributed by atoms with E-state index in [1.165, 1.54) is 26.2 Å². The number of sulfonamides is 1. The molecule has 0 spiro atoms. The molecule has 0 saturated carbocycles. The van der Waals surface area contributed by atoms with Gasteiger partial charge >= 0.3 is 5.97 Å². The highest BCUT2D eigenvalue weighted by Crippen LogP contribution is 2.24. The number of carboxylic acids is 1.